The number of hydrogen-bond donors (Lipinski definition) is 2. The topological polar surface area (TPSA) is 52.6 Å². The summed E-state index contributed by atoms with van der Waals surface area (Å²) in [6, 6.07) is 26.6. The van der Waals surface area contributed by atoms with Crippen LogP contribution in [0.3, 0.4) is 0 Å². The van der Waals surface area contributed by atoms with Crippen molar-refractivity contribution in [3.63, 3.8) is 0 Å². The number of thiol groups is 2. The van der Waals surface area contributed by atoms with Gasteiger partial charge in [0.1, 0.15) is 11.5 Å². The summed E-state index contributed by atoms with van der Waals surface area (Å²) < 4.78 is 38.3. The Hall–Kier alpha value is -2.17. The zero-order valence-corrected chi connectivity index (χ0v) is 30.1. The lowest BCUT2D eigenvalue weighted by molar-refractivity contribution is 0.411. The summed E-state index contributed by atoms with van der Waals surface area (Å²) >= 11 is 12.4. The lowest BCUT2D eigenvalue weighted by Gasteiger charge is -2.12. The Kier molecular flexibility index (Phi) is 14.5. The van der Waals surface area contributed by atoms with E-state index >= 15 is 0 Å². The Labute approximate surface area is 288 Å². The lowest BCUT2D eigenvalue weighted by atomic mass is 10.0. The van der Waals surface area contributed by atoms with Crippen molar-refractivity contribution >= 4 is 58.6 Å². The Balaban J connectivity index is 1.47. The highest BCUT2D eigenvalue weighted by atomic mass is 32.2. The fraction of sp³-hybridized carbons (Fsp3) is 0.333. The summed E-state index contributed by atoms with van der Waals surface area (Å²) in [5.74, 6) is 7.45. The normalized spacial score (nSPS) is 11.5. The van der Waals surface area contributed by atoms with Crippen LogP contribution in [0.15, 0.2) is 94.7 Å². The second-order valence-corrected chi connectivity index (χ2v) is 15.6. The number of ether oxygens (including phenoxy) is 2. The first-order valence-corrected chi connectivity index (χ1v) is 20.1. The third-order valence-electron chi connectivity index (χ3n) is 7.47. The first-order chi connectivity index (χ1) is 21.9. The minimum Gasteiger partial charge on any atom is -0.496 e. The molecule has 240 valence electrons. The van der Waals surface area contributed by atoms with Crippen LogP contribution in [-0.4, -0.2) is 45.6 Å². The van der Waals surface area contributed by atoms with E-state index in [0.717, 1.165) is 105 Å². The summed E-state index contributed by atoms with van der Waals surface area (Å²) in [6.07, 6.45) is 4.53. The standard InChI is InChI=1S/C36H42O4S5/c1-39-35-17-11-29(23-31(35)25-43-21-5-3-19-41)27-7-13-33(14-8-27)45(37,38)34-15-9-28(10-16-34)30-12-18-36(40-2)32(24-30)26-44-22-6-4-20-42/h7-18,23-24,41-42H,3-6,19-22,25-26H2,1-2H3. The van der Waals surface area contributed by atoms with Gasteiger partial charge >= 0.3 is 0 Å². The van der Waals surface area contributed by atoms with E-state index in [-0.39, 0.29) is 9.79 Å². The molecule has 9 heteroatoms. The molecule has 0 heterocycles. The number of sulfone groups is 1. The zero-order valence-electron chi connectivity index (χ0n) is 25.9. The van der Waals surface area contributed by atoms with E-state index in [0.29, 0.717) is 0 Å². The Morgan fingerprint density at radius 1 is 0.556 bits per heavy atom. The molecule has 0 bridgehead atoms. The van der Waals surface area contributed by atoms with Crippen LogP contribution in [0.1, 0.15) is 36.8 Å². The minimum absolute atomic E-state index is 0.272. The molecule has 4 aromatic carbocycles. The highest BCUT2D eigenvalue weighted by molar-refractivity contribution is 7.98. The van der Waals surface area contributed by atoms with Gasteiger partial charge in [-0.2, -0.15) is 48.8 Å². The number of unbranched alkanes of at least 4 members (excludes halogenated alkanes) is 2. The molecule has 0 saturated carbocycles. The molecular weight excluding hydrogens is 657 g/mol. The van der Waals surface area contributed by atoms with Crippen molar-refractivity contribution in [1.82, 2.24) is 0 Å². The van der Waals surface area contributed by atoms with Crippen molar-refractivity contribution in [2.24, 2.45) is 0 Å². The van der Waals surface area contributed by atoms with Crippen molar-refractivity contribution in [3.05, 3.63) is 96.1 Å². The van der Waals surface area contributed by atoms with E-state index in [1.54, 1.807) is 38.5 Å². The Morgan fingerprint density at radius 3 is 1.29 bits per heavy atom. The van der Waals surface area contributed by atoms with E-state index in [4.69, 9.17) is 9.47 Å². The van der Waals surface area contributed by atoms with Gasteiger partial charge in [0.2, 0.25) is 9.84 Å². The van der Waals surface area contributed by atoms with Gasteiger partial charge in [-0.15, -0.1) is 0 Å². The van der Waals surface area contributed by atoms with Crippen molar-refractivity contribution in [2.75, 3.05) is 37.2 Å². The molecule has 0 aromatic heterocycles. The quantitative estimate of drug-likeness (QED) is 0.0798. The molecule has 0 N–H and O–H groups in total. The maximum atomic E-state index is 13.5. The average molecular weight is 699 g/mol. The fourth-order valence-corrected chi connectivity index (χ4v) is 8.63. The zero-order chi connectivity index (χ0) is 32.1. The van der Waals surface area contributed by atoms with E-state index < -0.39 is 9.84 Å². The largest absolute Gasteiger partial charge is 0.496 e. The van der Waals surface area contributed by atoms with Crippen LogP contribution >= 0.6 is 48.8 Å². The van der Waals surface area contributed by atoms with Crippen LogP contribution in [0.2, 0.25) is 0 Å². The maximum Gasteiger partial charge on any atom is 0.206 e. The molecule has 4 aromatic rings. The second-order valence-electron chi connectivity index (χ2n) is 10.6. The molecule has 0 atom stereocenters. The van der Waals surface area contributed by atoms with Crippen molar-refractivity contribution < 1.29 is 17.9 Å². The van der Waals surface area contributed by atoms with Crippen LogP contribution in [0.5, 0.6) is 11.5 Å². The fourth-order valence-electron chi connectivity index (χ4n) is 4.93. The van der Waals surface area contributed by atoms with E-state index in [1.165, 1.54) is 0 Å². The highest BCUT2D eigenvalue weighted by Gasteiger charge is 2.18. The molecule has 0 aliphatic rings. The predicted molar refractivity (Wildman–Crippen MR) is 201 cm³/mol. The average Bonchev–Trinajstić information content (AvgIpc) is 3.08. The van der Waals surface area contributed by atoms with E-state index in [9.17, 15) is 8.42 Å². The number of thioether (sulfide) groups is 2. The van der Waals surface area contributed by atoms with Gasteiger partial charge in [0.25, 0.3) is 0 Å². The van der Waals surface area contributed by atoms with Gasteiger partial charge in [-0.25, -0.2) is 8.42 Å². The molecule has 0 saturated heterocycles. The molecule has 0 aliphatic carbocycles. The first kappa shape index (κ1) is 35.7. The number of benzene rings is 4. The summed E-state index contributed by atoms with van der Waals surface area (Å²) in [5, 5.41) is 0. The molecule has 45 heavy (non-hydrogen) atoms. The minimum atomic E-state index is -3.67. The van der Waals surface area contributed by atoms with Crippen LogP contribution in [0.25, 0.3) is 22.3 Å². The maximum absolute atomic E-state index is 13.5. The number of methoxy groups -OCH3 is 2. The predicted octanol–water partition coefficient (Wildman–Crippen LogP) is 9.76. The highest BCUT2D eigenvalue weighted by Crippen LogP contribution is 2.33. The molecule has 0 unspecified atom stereocenters. The van der Waals surface area contributed by atoms with Gasteiger partial charge < -0.3 is 9.47 Å². The van der Waals surface area contributed by atoms with Crippen molar-refractivity contribution in [2.45, 2.75) is 47.0 Å². The van der Waals surface area contributed by atoms with Gasteiger partial charge in [0, 0.05) is 22.6 Å². The van der Waals surface area contributed by atoms with Crippen LogP contribution < -0.4 is 9.47 Å². The third kappa shape index (κ3) is 9.91. The van der Waals surface area contributed by atoms with Crippen LogP contribution in [-0.2, 0) is 21.3 Å². The van der Waals surface area contributed by atoms with Crippen molar-refractivity contribution in [1.29, 1.82) is 0 Å². The second kappa shape index (κ2) is 18.2. The summed E-state index contributed by atoms with van der Waals surface area (Å²) in [7, 11) is -0.286. The number of rotatable bonds is 18. The van der Waals surface area contributed by atoms with Crippen LogP contribution in [0, 0.1) is 0 Å². The molecule has 0 spiro atoms. The molecule has 4 nitrogen and oxygen atoms in total. The monoisotopic (exact) mass is 698 g/mol. The van der Waals surface area contributed by atoms with Gasteiger partial charge in [0.15, 0.2) is 0 Å². The third-order valence-corrected chi connectivity index (χ3v) is 12.1. The van der Waals surface area contributed by atoms with Gasteiger partial charge in [-0.05, 0) is 119 Å². The molecular formula is C36H42O4S5. The SMILES string of the molecule is COc1ccc(-c2ccc(S(=O)(=O)c3ccc(-c4ccc(OC)c(CSCCCCS)c4)cc3)cc2)cc1CSCCCCS. The smallest absolute Gasteiger partial charge is 0.206 e. The van der Waals surface area contributed by atoms with Gasteiger partial charge in [-0.1, -0.05) is 36.4 Å². The Bertz CT molecular complexity index is 1490. The molecule has 0 fully saturated rings. The first-order valence-electron chi connectivity index (χ1n) is 15.1. The summed E-state index contributed by atoms with van der Waals surface area (Å²) in [4.78, 5) is 0.545. The van der Waals surface area contributed by atoms with E-state index in [2.05, 4.69) is 37.4 Å². The van der Waals surface area contributed by atoms with E-state index in [1.807, 2.05) is 72.1 Å². The lowest BCUT2D eigenvalue weighted by Crippen LogP contribution is -2.02. The van der Waals surface area contributed by atoms with Gasteiger partial charge in [0.05, 0.1) is 24.0 Å². The molecule has 0 radical (unpaired) electrons. The molecule has 4 rings (SSSR count). The molecule has 0 aliphatic heterocycles. The van der Waals surface area contributed by atoms with Gasteiger partial charge in [-0.3, -0.25) is 0 Å². The number of hydrogen-bond acceptors (Lipinski definition) is 8. The summed E-state index contributed by atoms with van der Waals surface area (Å²) in [5.41, 5.74) is 6.26. The molecule has 0 amide bonds. The summed E-state index contributed by atoms with van der Waals surface area (Å²) in [6.45, 7) is 0. The van der Waals surface area contributed by atoms with Crippen LogP contribution in [0.4, 0.5) is 0 Å². The Morgan fingerprint density at radius 2 is 0.933 bits per heavy atom. The van der Waals surface area contributed by atoms with Crippen molar-refractivity contribution in [3.8, 4) is 33.8 Å².